The molecule has 4 nitrogen and oxygen atoms in total. The summed E-state index contributed by atoms with van der Waals surface area (Å²) in [7, 11) is 0. The molecule has 394 valence electrons. The molecule has 3 heterocycles. The van der Waals surface area contributed by atoms with E-state index in [4.69, 9.17) is 4.42 Å². The maximum absolute atomic E-state index is 6.42. The predicted octanol–water partition coefficient (Wildman–Crippen LogP) is 19.5. The second-order valence-electron chi connectivity index (χ2n) is 25.7. The quantitative estimate of drug-likeness (QED) is 0.142. The summed E-state index contributed by atoms with van der Waals surface area (Å²) in [6, 6.07) is 82.0. The maximum Gasteiger partial charge on any atom is 0.252 e. The zero-order chi connectivity index (χ0) is 55.4. The van der Waals surface area contributed by atoms with Gasteiger partial charge in [0.25, 0.3) is 6.71 Å². The lowest BCUT2D eigenvalue weighted by molar-refractivity contribution is 0.590. The second kappa shape index (κ2) is 19.1. The zero-order valence-electron chi connectivity index (χ0n) is 48.2. The molecule has 2 aliphatic heterocycles. The summed E-state index contributed by atoms with van der Waals surface area (Å²) < 4.78 is 6.42. The number of furan rings is 1. The van der Waals surface area contributed by atoms with Crippen LogP contribution in [0, 0.1) is 0 Å². The SMILES string of the molecule is CC(C)c1ccc(-c2cc(C(C)(C)C)ccc2N2c3ccc(C(C)(C)C)cc3B3c4ccc(N(c5ccccc5)c5ccccc5)cc4N(c4ccc(-c5ccc6c(c5)oc5ccccc56)cc4)c4cc(C(C)(C)C)cc2c43)cc1. The topological polar surface area (TPSA) is 22.9 Å². The molecule has 2 aliphatic rings. The minimum absolute atomic E-state index is 0.0572. The molecular weight excluding hydrogens is 970 g/mol. The number of hydrogen-bond donors (Lipinski definition) is 0. The van der Waals surface area contributed by atoms with Crippen molar-refractivity contribution in [2.75, 3.05) is 14.7 Å². The van der Waals surface area contributed by atoms with Crippen molar-refractivity contribution in [1.29, 1.82) is 0 Å². The first-order valence-electron chi connectivity index (χ1n) is 28.6. The van der Waals surface area contributed by atoms with E-state index >= 15 is 0 Å². The third-order valence-electron chi connectivity index (χ3n) is 16.9. The first-order chi connectivity index (χ1) is 38.4. The highest BCUT2D eigenvalue weighted by Crippen LogP contribution is 2.50. The van der Waals surface area contributed by atoms with Crippen LogP contribution in [0.25, 0.3) is 44.2 Å². The number of anilines is 9. The van der Waals surface area contributed by atoms with Crippen LogP contribution in [-0.4, -0.2) is 6.71 Å². The molecular formula is C75H70BN3O. The fraction of sp³-hybridized carbons (Fsp3) is 0.200. The van der Waals surface area contributed by atoms with Gasteiger partial charge in [-0.1, -0.05) is 197 Å². The summed E-state index contributed by atoms with van der Waals surface area (Å²) in [4.78, 5) is 7.60. The molecule has 0 amide bonds. The van der Waals surface area contributed by atoms with Crippen LogP contribution >= 0.6 is 0 Å². The van der Waals surface area contributed by atoms with Crippen LogP contribution < -0.4 is 31.1 Å². The largest absolute Gasteiger partial charge is 0.456 e. The molecule has 13 rings (SSSR count). The minimum Gasteiger partial charge on any atom is -0.456 e. The Hall–Kier alpha value is -8.54. The van der Waals surface area contributed by atoms with Crippen molar-refractivity contribution in [3.05, 3.63) is 241 Å². The van der Waals surface area contributed by atoms with E-state index in [9.17, 15) is 0 Å². The van der Waals surface area contributed by atoms with Gasteiger partial charge in [0.05, 0.1) is 5.69 Å². The lowest BCUT2D eigenvalue weighted by atomic mass is 9.33. The van der Waals surface area contributed by atoms with E-state index in [0.29, 0.717) is 5.92 Å². The Balaban J connectivity index is 1.09. The van der Waals surface area contributed by atoms with E-state index in [1.54, 1.807) is 0 Å². The number of rotatable bonds is 8. The molecule has 0 radical (unpaired) electrons. The third kappa shape index (κ3) is 8.79. The predicted molar refractivity (Wildman–Crippen MR) is 343 cm³/mol. The van der Waals surface area contributed by atoms with Crippen molar-refractivity contribution in [1.82, 2.24) is 0 Å². The normalized spacial score (nSPS) is 13.2. The van der Waals surface area contributed by atoms with Gasteiger partial charge in [-0.2, -0.15) is 0 Å². The minimum atomic E-state index is -0.195. The van der Waals surface area contributed by atoms with Gasteiger partial charge >= 0.3 is 0 Å². The van der Waals surface area contributed by atoms with Crippen LogP contribution in [0.15, 0.2) is 223 Å². The van der Waals surface area contributed by atoms with Crippen molar-refractivity contribution in [2.24, 2.45) is 0 Å². The van der Waals surface area contributed by atoms with Gasteiger partial charge in [-0.3, -0.25) is 0 Å². The van der Waals surface area contributed by atoms with E-state index in [1.165, 1.54) is 72.5 Å². The van der Waals surface area contributed by atoms with Gasteiger partial charge in [0, 0.05) is 61.8 Å². The molecule has 0 spiro atoms. The lowest BCUT2D eigenvalue weighted by Gasteiger charge is -2.46. The average molecular weight is 1040 g/mol. The summed E-state index contributed by atoms with van der Waals surface area (Å²) in [5, 5.41) is 2.27. The molecule has 11 aromatic rings. The van der Waals surface area contributed by atoms with E-state index < -0.39 is 0 Å². The van der Waals surface area contributed by atoms with Crippen LogP contribution in [0.1, 0.15) is 104 Å². The number of nitrogens with zero attached hydrogens (tertiary/aromatic N) is 3. The number of hydrogen-bond acceptors (Lipinski definition) is 4. The number of para-hydroxylation sites is 3. The van der Waals surface area contributed by atoms with Crippen molar-refractivity contribution < 1.29 is 4.42 Å². The fourth-order valence-corrected chi connectivity index (χ4v) is 12.3. The Morgan fingerprint density at radius 3 is 1.59 bits per heavy atom. The fourth-order valence-electron chi connectivity index (χ4n) is 12.3. The molecule has 1 aromatic heterocycles. The van der Waals surface area contributed by atoms with E-state index in [2.05, 4.69) is 303 Å². The first-order valence-corrected chi connectivity index (χ1v) is 28.6. The average Bonchev–Trinajstić information content (AvgIpc) is 3.98. The maximum atomic E-state index is 6.42. The highest BCUT2D eigenvalue weighted by Gasteiger charge is 2.45. The lowest BCUT2D eigenvalue weighted by Crippen LogP contribution is -2.61. The molecule has 5 heteroatoms. The van der Waals surface area contributed by atoms with Gasteiger partial charge < -0.3 is 19.1 Å². The van der Waals surface area contributed by atoms with Crippen molar-refractivity contribution >= 4 is 96.2 Å². The third-order valence-corrected chi connectivity index (χ3v) is 16.9. The number of benzene rings is 10. The van der Waals surface area contributed by atoms with Gasteiger partial charge in [-0.15, -0.1) is 0 Å². The summed E-state index contributed by atoms with van der Waals surface area (Å²) in [6.07, 6.45) is 0. The highest BCUT2D eigenvalue weighted by atomic mass is 16.3. The van der Waals surface area contributed by atoms with Crippen LogP contribution in [0.3, 0.4) is 0 Å². The molecule has 0 unspecified atom stereocenters. The molecule has 0 saturated heterocycles. The molecule has 0 bridgehead atoms. The number of fused-ring (bicyclic) bond motifs is 7. The highest BCUT2D eigenvalue weighted by molar-refractivity contribution is 7.00. The Morgan fingerprint density at radius 1 is 0.388 bits per heavy atom. The van der Waals surface area contributed by atoms with Crippen LogP contribution in [0.4, 0.5) is 51.2 Å². The first kappa shape index (κ1) is 50.9. The van der Waals surface area contributed by atoms with Gasteiger partial charge in [-0.05, 0) is 175 Å². The van der Waals surface area contributed by atoms with Gasteiger partial charge in [0.1, 0.15) is 11.2 Å². The standard InChI is InChI=1S/C75H70BN3O/c1-48(2)49-26-28-51(29-27-49)62-43-53(73(3,4)5)33-40-65(62)79-66-41-34-54(74(6,7)8)44-64(66)76-63-39-37-59(77(56-20-14-12-15-21-56)57-22-16-13-17-23-57)47-67(63)78(68-45-55(75(9,10)11)46-69(79)72(68)76)58-35-30-50(31-36-58)52-32-38-61-60-24-18-19-25-70(60)80-71(61)42-52/h12-48H,1-11H3. The van der Waals surface area contributed by atoms with Crippen molar-refractivity contribution in [3.8, 4) is 22.3 Å². The summed E-state index contributed by atoms with van der Waals surface area (Å²) in [5.74, 6) is 0.434. The molecule has 0 N–H and O–H groups in total. The molecule has 0 atom stereocenters. The van der Waals surface area contributed by atoms with E-state index in [0.717, 1.165) is 61.5 Å². The van der Waals surface area contributed by atoms with Crippen molar-refractivity contribution in [3.63, 3.8) is 0 Å². The zero-order valence-corrected chi connectivity index (χ0v) is 48.2. The second-order valence-corrected chi connectivity index (χ2v) is 25.7. The Kier molecular flexibility index (Phi) is 12.2. The smallest absolute Gasteiger partial charge is 0.252 e. The molecule has 0 saturated carbocycles. The van der Waals surface area contributed by atoms with Crippen LogP contribution in [0.5, 0.6) is 0 Å². The van der Waals surface area contributed by atoms with Gasteiger partial charge in [0.15, 0.2) is 0 Å². The van der Waals surface area contributed by atoms with Crippen LogP contribution in [0.2, 0.25) is 0 Å². The molecule has 0 fully saturated rings. The van der Waals surface area contributed by atoms with Crippen molar-refractivity contribution in [2.45, 2.75) is 98.3 Å². The van der Waals surface area contributed by atoms with Gasteiger partial charge in [0.2, 0.25) is 0 Å². The summed E-state index contributed by atoms with van der Waals surface area (Å²) in [5.41, 5.74) is 25.6. The molecule has 80 heavy (non-hydrogen) atoms. The Morgan fingerprint density at radius 2 is 0.950 bits per heavy atom. The summed E-state index contributed by atoms with van der Waals surface area (Å²) >= 11 is 0. The van der Waals surface area contributed by atoms with Crippen LogP contribution in [-0.2, 0) is 16.2 Å². The monoisotopic (exact) mass is 1040 g/mol. The Bertz CT molecular complexity index is 4110. The molecule has 0 aliphatic carbocycles. The van der Waals surface area contributed by atoms with E-state index in [-0.39, 0.29) is 23.0 Å². The van der Waals surface area contributed by atoms with E-state index in [1.807, 2.05) is 6.07 Å². The van der Waals surface area contributed by atoms with Gasteiger partial charge in [-0.25, -0.2) is 0 Å². The Labute approximate surface area is 474 Å². The molecule has 10 aromatic carbocycles. The summed E-state index contributed by atoms with van der Waals surface area (Å²) in [6.45, 7) is 25.6.